The van der Waals surface area contributed by atoms with Crippen molar-refractivity contribution in [3.63, 3.8) is 0 Å². The molecular formula is C15H13F3O2. The van der Waals surface area contributed by atoms with Crippen molar-refractivity contribution in [3.8, 4) is 5.75 Å². The van der Waals surface area contributed by atoms with Crippen molar-refractivity contribution < 1.29 is 23.1 Å². The highest BCUT2D eigenvalue weighted by Gasteiger charge is 2.53. The second kappa shape index (κ2) is 4.36. The Balaban J connectivity index is 2.17. The van der Waals surface area contributed by atoms with E-state index in [-0.39, 0.29) is 17.2 Å². The van der Waals surface area contributed by atoms with Crippen LogP contribution in [-0.4, -0.2) is 17.1 Å². The van der Waals surface area contributed by atoms with Gasteiger partial charge in [0.2, 0.25) is 0 Å². The van der Waals surface area contributed by atoms with Gasteiger partial charge >= 0.3 is 6.18 Å². The molecule has 3 rings (SSSR count). The van der Waals surface area contributed by atoms with Crippen LogP contribution < -0.4 is 0 Å². The van der Waals surface area contributed by atoms with Gasteiger partial charge in [0.25, 0.3) is 0 Å². The van der Waals surface area contributed by atoms with E-state index in [1.165, 1.54) is 24.3 Å². The predicted molar refractivity (Wildman–Crippen MR) is 66.9 cm³/mol. The van der Waals surface area contributed by atoms with Crippen molar-refractivity contribution in [1.82, 2.24) is 0 Å². The zero-order chi connectivity index (χ0) is 14.5. The van der Waals surface area contributed by atoms with E-state index < -0.39 is 23.5 Å². The topological polar surface area (TPSA) is 37.3 Å². The first-order valence-electron chi connectivity index (χ1n) is 6.54. The van der Waals surface area contributed by atoms with Crippen LogP contribution in [0.1, 0.15) is 24.8 Å². The Bertz CT molecular complexity index is 584. The van der Waals surface area contributed by atoms with Crippen LogP contribution in [0.2, 0.25) is 0 Å². The second-order valence-electron chi connectivity index (χ2n) is 5.34. The summed E-state index contributed by atoms with van der Waals surface area (Å²) in [6.07, 6.45) is -2.68. The molecule has 1 N–H and O–H groups in total. The molecular weight excluding hydrogens is 269 g/mol. The van der Waals surface area contributed by atoms with Gasteiger partial charge in [0.05, 0.1) is 0 Å². The third-order valence-corrected chi connectivity index (χ3v) is 4.20. The van der Waals surface area contributed by atoms with Crippen LogP contribution in [-0.2, 0) is 4.79 Å². The van der Waals surface area contributed by atoms with Crippen LogP contribution in [0.25, 0.3) is 5.57 Å². The number of hydrogen-bond donors (Lipinski definition) is 1. The number of phenolic OH excluding ortho intramolecular Hbond substituents is 1. The summed E-state index contributed by atoms with van der Waals surface area (Å²) in [5.74, 6) is -1.61. The smallest absolute Gasteiger partial charge is 0.420 e. The van der Waals surface area contributed by atoms with E-state index in [1.807, 2.05) is 0 Å². The van der Waals surface area contributed by atoms with E-state index in [1.54, 1.807) is 0 Å². The average Bonchev–Trinajstić information content (AvgIpc) is 2.92. The Morgan fingerprint density at radius 2 is 1.65 bits per heavy atom. The summed E-state index contributed by atoms with van der Waals surface area (Å²) >= 11 is 0. The van der Waals surface area contributed by atoms with Crippen molar-refractivity contribution >= 4 is 11.4 Å². The number of halogens is 3. The van der Waals surface area contributed by atoms with Crippen LogP contribution >= 0.6 is 0 Å². The molecule has 20 heavy (non-hydrogen) atoms. The summed E-state index contributed by atoms with van der Waals surface area (Å²) in [4.78, 5) is 12.1. The van der Waals surface area contributed by atoms with Crippen molar-refractivity contribution in [2.24, 2.45) is 11.8 Å². The number of hydrogen-bond acceptors (Lipinski definition) is 2. The molecule has 0 spiro atoms. The highest BCUT2D eigenvalue weighted by Crippen LogP contribution is 2.53. The lowest BCUT2D eigenvalue weighted by Crippen LogP contribution is -2.21. The number of allylic oxidation sites excluding steroid dienone is 2. The number of ketones is 1. The highest BCUT2D eigenvalue weighted by molar-refractivity contribution is 6.10. The lowest BCUT2D eigenvalue weighted by atomic mass is 9.90. The fourth-order valence-electron chi connectivity index (χ4n) is 3.41. The summed E-state index contributed by atoms with van der Waals surface area (Å²) in [5, 5.41) is 9.26. The maximum atomic E-state index is 13.2. The maximum absolute atomic E-state index is 13.2. The fourth-order valence-corrected chi connectivity index (χ4v) is 3.41. The second-order valence-corrected chi connectivity index (χ2v) is 5.34. The molecule has 1 saturated carbocycles. The Kier molecular flexibility index (Phi) is 2.88. The van der Waals surface area contributed by atoms with Crippen molar-refractivity contribution in [1.29, 1.82) is 0 Å². The molecule has 0 aromatic heterocycles. The minimum absolute atomic E-state index is 0.00444. The largest absolute Gasteiger partial charge is 0.508 e. The fraction of sp³-hybridized carbons (Fsp3) is 0.400. The molecule has 1 aromatic rings. The van der Waals surface area contributed by atoms with E-state index in [0.29, 0.717) is 18.4 Å². The summed E-state index contributed by atoms with van der Waals surface area (Å²) in [6.45, 7) is 0. The van der Waals surface area contributed by atoms with Gasteiger partial charge in [0.1, 0.15) is 11.3 Å². The van der Waals surface area contributed by atoms with Crippen LogP contribution in [0.5, 0.6) is 5.75 Å². The molecule has 2 atom stereocenters. The molecule has 1 fully saturated rings. The van der Waals surface area contributed by atoms with E-state index in [9.17, 15) is 23.1 Å². The minimum Gasteiger partial charge on any atom is -0.508 e. The molecule has 0 aliphatic heterocycles. The Labute approximate surface area is 113 Å². The van der Waals surface area contributed by atoms with Crippen molar-refractivity contribution in [2.75, 3.05) is 0 Å². The van der Waals surface area contributed by atoms with Gasteiger partial charge in [0.15, 0.2) is 5.78 Å². The van der Waals surface area contributed by atoms with Gasteiger partial charge in [-0.3, -0.25) is 4.79 Å². The number of carbonyl (C=O) groups excluding carboxylic acids is 1. The summed E-state index contributed by atoms with van der Waals surface area (Å²) in [7, 11) is 0. The molecule has 0 heterocycles. The first-order valence-corrected chi connectivity index (χ1v) is 6.54. The molecule has 0 saturated heterocycles. The molecule has 2 nitrogen and oxygen atoms in total. The Hall–Kier alpha value is -1.78. The third-order valence-electron chi connectivity index (χ3n) is 4.20. The van der Waals surface area contributed by atoms with E-state index in [2.05, 4.69) is 0 Å². The normalized spacial score (nSPS) is 26.2. The minimum atomic E-state index is -4.62. The van der Waals surface area contributed by atoms with Crippen molar-refractivity contribution in [3.05, 3.63) is 35.4 Å². The van der Waals surface area contributed by atoms with Crippen molar-refractivity contribution in [2.45, 2.75) is 25.4 Å². The number of Topliss-reactive ketones (excluding diaryl/α,β-unsaturated/α-hetero) is 1. The summed E-state index contributed by atoms with van der Waals surface area (Å²) < 4.78 is 39.6. The lowest BCUT2D eigenvalue weighted by molar-refractivity contribution is -0.130. The molecule has 2 aliphatic carbocycles. The highest BCUT2D eigenvalue weighted by atomic mass is 19.4. The first-order chi connectivity index (χ1) is 9.39. The molecule has 2 unspecified atom stereocenters. The molecule has 106 valence electrons. The van der Waals surface area contributed by atoms with Gasteiger partial charge in [-0.15, -0.1) is 0 Å². The number of aromatic hydroxyl groups is 1. The molecule has 5 heteroatoms. The third kappa shape index (κ3) is 1.92. The Morgan fingerprint density at radius 3 is 2.25 bits per heavy atom. The standard InChI is InChI=1S/C15H13F3O2/c16-15(17,18)13-12(8-4-6-9(19)7-5-8)10-2-1-3-11(10)14(13)20/h4-7,10-11,19H,1-3H2. The van der Waals surface area contributed by atoms with Crippen LogP contribution in [0, 0.1) is 11.8 Å². The number of phenols is 1. The van der Waals surface area contributed by atoms with E-state index >= 15 is 0 Å². The van der Waals surface area contributed by atoms with Gasteiger partial charge < -0.3 is 5.11 Å². The Morgan fingerprint density at radius 1 is 1.05 bits per heavy atom. The van der Waals surface area contributed by atoms with Crippen LogP contribution in [0.3, 0.4) is 0 Å². The van der Waals surface area contributed by atoms with Gasteiger partial charge in [-0.1, -0.05) is 18.6 Å². The number of rotatable bonds is 1. The van der Waals surface area contributed by atoms with E-state index in [0.717, 1.165) is 6.42 Å². The molecule has 0 amide bonds. The van der Waals surface area contributed by atoms with Gasteiger partial charge in [-0.25, -0.2) is 0 Å². The summed E-state index contributed by atoms with van der Waals surface area (Å²) in [5.41, 5.74) is -0.485. The zero-order valence-electron chi connectivity index (χ0n) is 10.6. The lowest BCUT2D eigenvalue weighted by Gasteiger charge is -2.15. The number of alkyl halides is 3. The predicted octanol–water partition coefficient (Wildman–Crippen LogP) is 3.71. The first kappa shape index (κ1) is 13.2. The van der Waals surface area contributed by atoms with Gasteiger partial charge in [-0.05, 0) is 42.0 Å². The van der Waals surface area contributed by atoms with Gasteiger partial charge in [0, 0.05) is 5.92 Å². The molecule has 0 bridgehead atoms. The average molecular weight is 282 g/mol. The molecule has 1 aromatic carbocycles. The molecule has 2 aliphatic rings. The quantitative estimate of drug-likeness (QED) is 0.852. The van der Waals surface area contributed by atoms with Gasteiger partial charge in [-0.2, -0.15) is 13.2 Å². The number of fused-ring (bicyclic) bond motifs is 1. The SMILES string of the molecule is O=C1C(C(F)(F)F)=C(c2ccc(O)cc2)C2CCCC12. The summed E-state index contributed by atoms with van der Waals surface area (Å²) in [6, 6.07) is 5.60. The van der Waals surface area contributed by atoms with E-state index in [4.69, 9.17) is 0 Å². The molecule has 0 radical (unpaired) electrons. The van der Waals surface area contributed by atoms with Crippen LogP contribution in [0.4, 0.5) is 13.2 Å². The number of carbonyl (C=O) groups is 1. The number of benzene rings is 1. The van der Waals surface area contributed by atoms with Crippen LogP contribution in [0.15, 0.2) is 29.8 Å². The zero-order valence-corrected chi connectivity index (χ0v) is 10.6. The maximum Gasteiger partial charge on any atom is 0.420 e. The monoisotopic (exact) mass is 282 g/mol.